The highest BCUT2D eigenvalue weighted by atomic mass is 16.5. The highest BCUT2D eigenvalue weighted by Crippen LogP contribution is 2.18. The van der Waals surface area contributed by atoms with Gasteiger partial charge in [0.2, 0.25) is 0 Å². The molecule has 2 amide bonds. The summed E-state index contributed by atoms with van der Waals surface area (Å²) in [6.07, 6.45) is 3.36. The van der Waals surface area contributed by atoms with Crippen molar-refractivity contribution >= 4 is 17.5 Å². The number of carbonyl (C=O) groups excluding carboxylic acids is 2. The number of unbranched alkanes of at least 4 members (excludes halogenated alkanes) is 1. The Labute approximate surface area is 141 Å². The zero-order chi connectivity index (χ0) is 17.5. The minimum atomic E-state index is -0.606. The van der Waals surface area contributed by atoms with E-state index in [1.54, 1.807) is 29.6 Å². The lowest BCUT2D eigenvalue weighted by atomic mass is 10.1. The van der Waals surface area contributed by atoms with Crippen LogP contribution < -0.4 is 10.4 Å². The van der Waals surface area contributed by atoms with Gasteiger partial charge in [0.05, 0.1) is 0 Å². The number of nitrogens with one attached hydrogen (secondary N) is 1. The molecule has 0 heterocycles. The summed E-state index contributed by atoms with van der Waals surface area (Å²) in [7, 11) is 1.72. The van der Waals surface area contributed by atoms with Crippen molar-refractivity contribution in [1.82, 2.24) is 5.48 Å². The third-order valence-corrected chi connectivity index (χ3v) is 3.94. The molecule has 24 heavy (non-hydrogen) atoms. The van der Waals surface area contributed by atoms with Crippen LogP contribution in [0.25, 0.3) is 0 Å². The Morgan fingerprint density at radius 2 is 1.58 bits per heavy atom. The SMILES string of the molecule is CCCCc1ccc(N(C)C(=O)c2ccc(C(=O)NO)cc2)cc1. The first-order chi connectivity index (χ1) is 11.6. The summed E-state index contributed by atoms with van der Waals surface area (Å²) in [5, 5.41) is 8.61. The first-order valence-electron chi connectivity index (χ1n) is 7.98. The molecule has 2 aromatic carbocycles. The molecule has 0 aliphatic rings. The first-order valence-corrected chi connectivity index (χ1v) is 7.98. The van der Waals surface area contributed by atoms with Crippen molar-refractivity contribution < 1.29 is 14.8 Å². The fourth-order valence-corrected chi connectivity index (χ4v) is 2.41. The molecule has 0 spiro atoms. The van der Waals surface area contributed by atoms with Crippen molar-refractivity contribution in [1.29, 1.82) is 0 Å². The van der Waals surface area contributed by atoms with E-state index >= 15 is 0 Å². The Kier molecular flexibility index (Phi) is 6.09. The maximum Gasteiger partial charge on any atom is 0.274 e. The molecule has 0 unspecified atom stereocenters. The maximum atomic E-state index is 12.5. The zero-order valence-corrected chi connectivity index (χ0v) is 14.0. The molecule has 0 atom stereocenters. The smallest absolute Gasteiger partial charge is 0.274 e. The van der Waals surface area contributed by atoms with Gasteiger partial charge < -0.3 is 4.90 Å². The first kappa shape index (κ1) is 17.7. The van der Waals surface area contributed by atoms with Crippen LogP contribution in [0.2, 0.25) is 0 Å². The van der Waals surface area contributed by atoms with Crippen molar-refractivity contribution in [3.63, 3.8) is 0 Å². The van der Waals surface area contributed by atoms with Crippen LogP contribution in [0.1, 0.15) is 46.0 Å². The monoisotopic (exact) mass is 326 g/mol. The Morgan fingerprint density at radius 1 is 1.00 bits per heavy atom. The number of carbonyl (C=O) groups is 2. The Morgan fingerprint density at radius 3 is 2.12 bits per heavy atom. The van der Waals surface area contributed by atoms with Gasteiger partial charge in [-0.15, -0.1) is 0 Å². The summed E-state index contributed by atoms with van der Waals surface area (Å²) in [4.78, 5) is 25.4. The molecule has 0 bridgehead atoms. The lowest BCUT2D eigenvalue weighted by molar-refractivity contribution is 0.0706. The molecular formula is C19H22N2O3. The highest BCUT2D eigenvalue weighted by Gasteiger charge is 2.14. The van der Waals surface area contributed by atoms with Crippen LogP contribution in [-0.4, -0.2) is 24.1 Å². The van der Waals surface area contributed by atoms with E-state index in [2.05, 4.69) is 6.92 Å². The minimum Gasteiger partial charge on any atom is -0.311 e. The van der Waals surface area contributed by atoms with Gasteiger partial charge in [-0.1, -0.05) is 25.5 Å². The maximum absolute atomic E-state index is 12.5. The molecule has 2 aromatic rings. The van der Waals surface area contributed by atoms with E-state index < -0.39 is 5.91 Å². The number of nitrogens with zero attached hydrogens (tertiary/aromatic N) is 1. The topological polar surface area (TPSA) is 69.6 Å². The second-order valence-corrected chi connectivity index (χ2v) is 5.65. The largest absolute Gasteiger partial charge is 0.311 e. The van der Waals surface area contributed by atoms with Crippen molar-refractivity contribution in [3.05, 3.63) is 65.2 Å². The van der Waals surface area contributed by atoms with Crippen molar-refractivity contribution in [2.75, 3.05) is 11.9 Å². The highest BCUT2D eigenvalue weighted by molar-refractivity contribution is 6.06. The fraction of sp³-hybridized carbons (Fsp3) is 0.263. The van der Waals surface area contributed by atoms with Crippen LogP contribution in [0.5, 0.6) is 0 Å². The molecule has 0 saturated carbocycles. The minimum absolute atomic E-state index is 0.160. The summed E-state index contributed by atoms with van der Waals surface area (Å²) in [6.45, 7) is 2.16. The molecule has 2 rings (SSSR count). The molecule has 0 fully saturated rings. The molecule has 5 nitrogen and oxygen atoms in total. The van der Waals surface area contributed by atoms with Gasteiger partial charge in [-0.25, -0.2) is 5.48 Å². The molecule has 5 heteroatoms. The Bertz CT molecular complexity index is 694. The summed E-state index contributed by atoms with van der Waals surface area (Å²) < 4.78 is 0. The molecule has 0 aromatic heterocycles. The van der Waals surface area contributed by atoms with Crippen LogP contribution in [0.15, 0.2) is 48.5 Å². The molecule has 126 valence electrons. The number of amides is 2. The molecule has 0 saturated heterocycles. The number of hydrogen-bond donors (Lipinski definition) is 2. The molecule has 0 radical (unpaired) electrons. The summed E-state index contributed by atoms with van der Waals surface area (Å²) in [6, 6.07) is 14.1. The van der Waals surface area contributed by atoms with Crippen molar-refractivity contribution in [2.24, 2.45) is 0 Å². The third-order valence-electron chi connectivity index (χ3n) is 3.94. The van der Waals surface area contributed by atoms with Crippen LogP contribution in [0, 0.1) is 0 Å². The van der Waals surface area contributed by atoms with E-state index in [0.29, 0.717) is 5.56 Å². The third kappa shape index (κ3) is 4.20. The van der Waals surface area contributed by atoms with E-state index in [1.807, 2.05) is 24.3 Å². The van der Waals surface area contributed by atoms with Crippen molar-refractivity contribution in [3.8, 4) is 0 Å². The predicted octanol–water partition coefficient (Wildman–Crippen LogP) is 3.42. The standard InChI is InChI=1S/C19H22N2O3/c1-3-4-5-14-6-12-17(13-7-14)21(2)19(23)16-10-8-15(9-11-16)18(22)20-24/h6-13,24H,3-5H2,1-2H3,(H,20,22). The number of anilines is 1. The molecular weight excluding hydrogens is 304 g/mol. The number of benzene rings is 2. The summed E-state index contributed by atoms with van der Waals surface area (Å²) in [5.74, 6) is -0.766. The lowest BCUT2D eigenvalue weighted by Crippen LogP contribution is -2.26. The normalized spacial score (nSPS) is 10.3. The zero-order valence-electron chi connectivity index (χ0n) is 14.0. The summed E-state index contributed by atoms with van der Waals surface area (Å²) >= 11 is 0. The number of hydroxylamine groups is 1. The number of hydrogen-bond acceptors (Lipinski definition) is 3. The van der Waals surface area contributed by atoms with E-state index in [4.69, 9.17) is 5.21 Å². The van der Waals surface area contributed by atoms with Crippen LogP contribution in [0.3, 0.4) is 0 Å². The quantitative estimate of drug-likeness (QED) is 0.631. The average Bonchev–Trinajstić information content (AvgIpc) is 2.65. The van der Waals surface area contributed by atoms with Gasteiger partial charge in [0.15, 0.2) is 0 Å². The number of rotatable bonds is 6. The van der Waals surface area contributed by atoms with E-state index in [0.717, 1.165) is 24.9 Å². The van der Waals surface area contributed by atoms with Gasteiger partial charge in [0.1, 0.15) is 0 Å². The molecule has 0 aliphatic heterocycles. The Balaban J connectivity index is 2.09. The Hall–Kier alpha value is -2.66. The van der Waals surface area contributed by atoms with Gasteiger partial charge in [-0.05, 0) is 54.8 Å². The van der Waals surface area contributed by atoms with E-state index in [-0.39, 0.29) is 11.5 Å². The van der Waals surface area contributed by atoms with Gasteiger partial charge in [0.25, 0.3) is 11.8 Å². The van der Waals surface area contributed by atoms with Crippen LogP contribution >= 0.6 is 0 Å². The average molecular weight is 326 g/mol. The second-order valence-electron chi connectivity index (χ2n) is 5.65. The summed E-state index contributed by atoms with van der Waals surface area (Å²) in [5.41, 5.74) is 4.41. The molecule has 0 aliphatic carbocycles. The lowest BCUT2D eigenvalue weighted by Gasteiger charge is -2.18. The number of aryl methyl sites for hydroxylation is 1. The van der Waals surface area contributed by atoms with Crippen LogP contribution in [0.4, 0.5) is 5.69 Å². The second kappa shape index (κ2) is 8.26. The van der Waals surface area contributed by atoms with Gasteiger partial charge in [-0.2, -0.15) is 0 Å². The van der Waals surface area contributed by atoms with Crippen LogP contribution in [-0.2, 0) is 6.42 Å². The van der Waals surface area contributed by atoms with E-state index in [9.17, 15) is 9.59 Å². The van der Waals surface area contributed by atoms with E-state index in [1.165, 1.54) is 17.7 Å². The molecule has 2 N–H and O–H groups in total. The van der Waals surface area contributed by atoms with Gasteiger partial charge in [-0.3, -0.25) is 14.8 Å². The van der Waals surface area contributed by atoms with Gasteiger partial charge >= 0.3 is 0 Å². The van der Waals surface area contributed by atoms with Gasteiger partial charge in [0, 0.05) is 23.9 Å². The predicted molar refractivity (Wildman–Crippen MR) is 93.5 cm³/mol. The fourth-order valence-electron chi connectivity index (χ4n) is 2.41. The van der Waals surface area contributed by atoms with Crippen molar-refractivity contribution in [2.45, 2.75) is 26.2 Å².